The third-order valence-corrected chi connectivity index (χ3v) is 5.15. The number of halogens is 1. The lowest BCUT2D eigenvalue weighted by Crippen LogP contribution is -2.35. The van der Waals surface area contributed by atoms with Crippen molar-refractivity contribution in [2.45, 2.75) is 31.7 Å². The van der Waals surface area contributed by atoms with Gasteiger partial charge in [-0.2, -0.15) is 5.10 Å². The van der Waals surface area contributed by atoms with Crippen LogP contribution in [0.5, 0.6) is 0 Å². The number of anilines is 1. The Morgan fingerprint density at radius 1 is 1.08 bits per heavy atom. The Morgan fingerprint density at radius 3 is 2.60 bits per heavy atom. The average Bonchev–Trinajstić information content (AvgIpc) is 3.07. The molecule has 6 heteroatoms. The van der Waals surface area contributed by atoms with Crippen molar-refractivity contribution in [1.82, 2.24) is 20.5 Å². The summed E-state index contributed by atoms with van der Waals surface area (Å²) in [7, 11) is 0. The smallest absolute Gasteiger partial charge is 0.156 e. The van der Waals surface area contributed by atoms with Crippen LogP contribution in [0.1, 0.15) is 31.4 Å². The molecule has 0 atom stereocenters. The Morgan fingerprint density at radius 2 is 1.88 bits per heavy atom. The molecule has 1 saturated heterocycles. The summed E-state index contributed by atoms with van der Waals surface area (Å²) < 4.78 is 0. The molecule has 1 aliphatic carbocycles. The monoisotopic (exact) mass is 355 g/mol. The third kappa shape index (κ3) is 3.62. The molecule has 0 amide bonds. The minimum absolute atomic E-state index is 0.452. The number of hydrogen-bond donors (Lipinski definition) is 3. The molecule has 25 heavy (non-hydrogen) atoms. The van der Waals surface area contributed by atoms with E-state index in [9.17, 15) is 0 Å². The summed E-state index contributed by atoms with van der Waals surface area (Å²) in [6.45, 7) is 2.10. The predicted octanol–water partition coefficient (Wildman–Crippen LogP) is 3.94. The van der Waals surface area contributed by atoms with Crippen LogP contribution in [0.2, 0.25) is 0 Å². The maximum atomic E-state index is 6.12. The van der Waals surface area contributed by atoms with E-state index in [0.717, 1.165) is 66.4 Å². The Kier molecular flexibility index (Phi) is 4.85. The van der Waals surface area contributed by atoms with Crippen LogP contribution in [0.3, 0.4) is 0 Å². The summed E-state index contributed by atoms with van der Waals surface area (Å²) in [4.78, 5) is 4.15. The molecule has 130 valence electrons. The molecule has 2 aromatic rings. The standard InChI is InChI=1S/C19H22ClN5/c20-15-3-1-14(2-4-15)18-17(13-5-9-21-10-6-13)19(25-24-18)23-16-7-11-22-12-8-16/h1,3,5-6,9-10,16,22H,2,4,7-8,11-12H2,(H2,23,24,25). The van der Waals surface area contributed by atoms with Gasteiger partial charge < -0.3 is 10.6 Å². The molecule has 0 saturated carbocycles. The van der Waals surface area contributed by atoms with Gasteiger partial charge in [-0.1, -0.05) is 17.7 Å². The first-order valence-corrected chi connectivity index (χ1v) is 9.20. The van der Waals surface area contributed by atoms with Gasteiger partial charge in [0.2, 0.25) is 0 Å². The second-order valence-electron chi connectivity index (χ2n) is 6.53. The van der Waals surface area contributed by atoms with E-state index in [2.05, 4.69) is 31.9 Å². The van der Waals surface area contributed by atoms with Gasteiger partial charge in [-0.25, -0.2) is 0 Å². The predicted molar refractivity (Wildman–Crippen MR) is 102 cm³/mol. The van der Waals surface area contributed by atoms with Crippen molar-refractivity contribution in [1.29, 1.82) is 0 Å². The van der Waals surface area contributed by atoms with Crippen LogP contribution < -0.4 is 10.6 Å². The molecule has 0 unspecified atom stereocenters. The van der Waals surface area contributed by atoms with Gasteiger partial charge in [-0.3, -0.25) is 10.1 Å². The van der Waals surface area contributed by atoms with Crippen molar-refractivity contribution in [3.8, 4) is 11.1 Å². The summed E-state index contributed by atoms with van der Waals surface area (Å²) in [6.07, 6.45) is 11.7. The second-order valence-corrected chi connectivity index (χ2v) is 7.02. The van der Waals surface area contributed by atoms with Crippen LogP contribution in [0.15, 0.2) is 41.7 Å². The molecular formula is C19H22ClN5. The van der Waals surface area contributed by atoms with E-state index in [1.54, 1.807) is 0 Å². The summed E-state index contributed by atoms with van der Waals surface area (Å²) in [6, 6.07) is 4.52. The van der Waals surface area contributed by atoms with E-state index in [1.165, 1.54) is 5.57 Å². The number of rotatable bonds is 4. The van der Waals surface area contributed by atoms with E-state index in [1.807, 2.05) is 30.6 Å². The zero-order valence-corrected chi connectivity index (χ0v) is 14.8. The molecule has 4 rings (SSSR count). The minimum Gasteiger partial charge on any atom is -0.365 e. The molecule has 3 heterocycles. The first-order chi connectivity index (χ1) is 12.3. The summed E-state index contributed by atoms with van der Waals surface area (Å²) in [5.74, 6) is 0.926. The highest BCUT2D eigenvalue weighted by Crippen LogP contribution is 2.37. The topological polar surface area (TPSA) is 65.6 Å². The zero-order valence-electron chi connectivity index (χ0n) is 14.1. The van der Waals surface area contributed by atoms with Gasteiger partial charge in [-0.15, -0.1) is 0 Å². The van der Waals surface area contributed by atoms with Gasteiger partial charge in [0, 0.05) is 23.5 Å². The molecule has 5 nitrogen and oxygen atoms in total. The Balaban J connectivity index is 1.72. The highest BCUT2D eigenvalue weighted by molar-refractivity contribution is 6.29. The minimum atomic E-state index is 0.452. The number of nitrogens with one attached hydrogen (secondary N) is 3. The zero-order chi connectivity index (χ0) is 17.1. The molecule has 0 radical (unpaired) electrons. The fraction of sp³-hybridized carbons (Fsp3) is 0.368. The van der Waals surface area contributed by atoms with Gasteiger partial charge in [0.05, 0.1) is 11.3 Å². The number of pyridine rings is 1. The number of aromatic amines is 1. The maximum absolute atomic E-state index is 6.12. The van der Waals surface area contributed by atoms with E-state index < -0.39 is 0 Å². The van der Waals surface area contributed by atoms with Crippen LogP contribution in [0, 0.1) is 0 Å². The van der Waals surface area contributed by atoms with E-state index in [0.29, 0.717) is 6.04 Å². The Hall–Kier alpha value is -2.11. The fourth-order valence-electron chi connectivity index (χ4n) is 3.46. The Labute approximate surface area is 152 Å². The van der Waals surface area contributed by atoms with Gasteiger partial charge in [0.25, 0.3) is 0 Å². The summed E-state index contributed by atoms with van der Waals surface area (Å²) in [5, 5.41) is 15.8. The number of hydrogen-bond acceptors (Lipinski definition) is 4. The van der Waals surface area contributed by atoms with E-state index in [-0.39, 0.29) is 0 Å². The normalized spacial score (nSPS) is 18.6. The van der Waals surface area contributed by atoms with Crippen LogP contribution in [-0.2, 0) is 0 Å². The molecule has 0 aromatic carbocycles. The quantitative estimate of drug-likeness (QED) is 0.777. The van der Waals surface area contributed by atoms with E-state index >= 15 is 0 Å². The van der Waals surface area contributed by atoms with Crippen LogP contribution in [0.25, 0.3) is 16.7 Å². The molecule has 1 fully saturated rings. The molecule has 1 aliphatic heterocycles. The van der Waals surface area contributed by atoms with Crippen molar-refractivity contribution < 1.29 is 0 Å². The van der Waals surface area contributed by atoms with Gasteiger partial charge >= 0.3 is 0 Å². The molecule has 2 aliphatic rings. The fourth-order valence-corrected chi connectivity index (χ4v) is 3.62. The number of allylic oxidation sites excluding steroid dienone is 4. The van der Waals surface area contributed by atoms with E-state index in [4.69, 9.17) is 11.6 Å². The first-order valence-electron chi connectivity index (χ1n) is 8.83. The van der Waals surface area contributed by atoms with Gasteiger partial charge in [0.1, 0.15) is 0 Å². The summed E-state index contributed by atoms with van der Waals surface area (Å²) in [5.41, 5.74) is 4.56. The highest BCUT2D eigenvalue weighted by atomic mass is 35.5. The summed E-state index contributed by atoms with van der Waals surface area (Å²) >= 11 is 6.12. The number of piperidine rings is 1. The van der Waals surface area contributed by atoms with Crippen LogP contribution in [-0.4, -0.2) is 34.3 Å². The highest BCUT2D eigenvalue weighted by Gasteiger charge is 2.22. The van der Waals surface area contributed by atoms with Crippen molar-refractivity contribution in [2.75, 3.05) is 18.4 Å². The lowest BCUT2D eigenvalue weighted by molar-refractivity contribution is 0.478. The average molecular weight is 356 g/mol. The van der Waals surface area contributed by atoms with Crippen molar-refractivity contribution >= 4 is 23.0 Å². The van der Waals surface area contributed by atoms with Gasteiger partial charge in [0.15, 0.2) is 5.82 Å². The van der Waals surface area contributed by atoms with Crippen molar-refractivity contribution in [3.63, 3.8) is 0 Å². The van der Waals surface area contributed by atoms with Crippen molar-refractivity contribution in [2.24, 2.45) is 0 Å². The third-order valence-electron chi connectivity index (χ3n) is 4.83. The lowest BCUT2D eigenvalue weighted by Gasteiger charge is -2.24. The second kappa shape index (κ2) is 7.42. The molecular weight excluding hydrogens is 334 g/mol. The largest absolute Gasteiger partial charge is 0.365 e. The first kappa shape index (κ1) is 16.4. The SMILES string of the molecule is ClC1=CC=C(c2[nH]nc(NC3CCNCC3)c2-c2ccncc2)CC1. The van der Waals surface area contributed by atoms with Crippen LogP contribution in [0.4, 0.5) is 5.82 Å². The molecule has 3 N–H and O–H groups in total. The number of H-pyrrole nitrogens is 1. The molecule has 0 spiro atoms. The molecule has 2 aromatic heterocycles. The number of nitrogens with zero attached hydrogens (tertiary/aromatic N) is 2. The van der Waals surface area contributed by atoms with Crippen molar-refractivity contribution in [3.05, 3.63) is 47.4 Å². The van der Waals surface area contributed by atoms with Gasteiger partial charge in [-0.05, 0) is 68.1 Å². The Bertz CT molecular complexity index is 787. The lowest BCUT2D eigenvalue weighted by atomic mass is 9.95. The van der Waals surface area contributed by atoms with Crippen LogP contribution >= 0.6 is 11.6 Å². The molecule has 0 bridgehead atoms. The maximum Gasteiger partial charge on any atom is 0.156 e. The number of aromatic nitrogens is 3.